The van der Waals surface area contributed by atoms with Gasteiger partial charge in [-0.1, -0.05) is 50.6 Å². The van der Waals surface area contributed by atoms with Gasteiger partial charge in [-0.25, -0.2) is 9.00 Å². The fourth-order valence-electron chi connectivity index (χ4n) is 8.46. The van der Waals surface area contributed by atoms with Crippen LogP contribution in [0.25, 0.3) is 0 Å². The molecule has 1 fully saturated rings. The van der Waals surface area contributed by atoms with Crippen molar-refractivity contribution >= 4 is 39.1 Å². The van der Waals surface area contributed by atoms with Gasteiger partial charge in [0.1, 0.15) is 15.7 Å². The first-order valence-electron chi connectivity index (χ1n) is 19.4. The number of fused-ring (bicyclic) bond motifs is 3. The number of likely N-dealkylation sites (tertiary alicyclic amines) is 1. The summed E-state index contributed by atoms with van der Waals surface area (Å²) in [6, 6.07) is 11.1. The Hall–Kier alpha value is -3.16. The smallest absolute Gasteiger partial charge is 0.329 e. The van der Waals surface area contributed by atoms with Gasteiger partial charge in [0.05, 0.1) is 43.5 Å². The molecule has 13 heteroatoms. The van der Waals surface area contributed by atoms with Crippen molar-refractivity contribution in [2.45, 2.75) is 76.9 Å². The minimum Gasteiger partial charge on any atom is -0.490 e. The maximum atomic E-state index is 14.7. The summed E-state index contributed by atoms with van der Waals surface area (Å²) in [4.78, 5) is 31.7. The molecular formula is C41H57ClN4O7S. The number of nitrogens with zero attached hydrogens (tertiary/aromatic N) is 3. The Morgan fingerprint density at radius 1 is 1.11 bits per heavy atom. The molecule has 2 aromatic rings. The molecule has 1 N–H and O–H groups in total. The third-order valence-corrected chi connectivity index (χ3v) is 13.9. The van der Waals surface area contributed by atoms with E-state index in [0.29, 0.717) is 76.6 Å². The van der Waals surface area contributed by atoms with Crippen molar-refractivity contribution in [1.82, 2.24) is 9.62 Å². The van der Waals surface area contributed by atoms with E-state index in [1.807, 2.05) is 25.1 Å². The number of amides is 3. The number of hydrogen-bond acceptors (Lipinski definition) is 8. The van der Waals surface area contributed by atoms with Gasteiger partial charge in [-0.2, -0.15) is 0 Å². The zero-order valence-electron chi connectivity index (χ0n) is 32.4. The van der Waals surface area contributed by atoms with Crippen LogP contribution in [-0.4, -0.2) is 99.2 Å². The van der Waals surface area contributed by atoms with E-state index in [-0.39, 0.29) is 41.1 Å². The van der Waals surface area contributed by atoms with Crippen molar-refractivity contribution in [3.8, 4) is 5.75 Å². The quantitative estimate of drug-likeness (QED) is 0.245. The molecule has 4 aliphatic rings. The summed E-state index contributed by atoms with van der Waals surface area (Å²) in [6.07, 6.45) is 8.87. The molecule has 54 heavy (non-hydrogen) atoms. The van der Waals surface area contributed by atoms with Gasteiger partial charge in [0.15, 0.2) is 0 Å². The van der Waals surface area contributed by atoms with Crippen molar-refractivity contribution in [1.29, 1.82) is 0 Å². The fourth-order valence-corrected chi connectivity index (χ4v) is 10.5. The molecule has 11 nitrogen and oxygen atoms in total. The number of benzene rings is 2. The summed E-state index contributed by atoms with van der Waals surface area (Å²) in [5.41, 5.74) is 3.32. The number of methoxy groups -OCH3 is 2. The highest BCUT2D eigenvalue weighted by atomic mass is 35.5. The van der Waals surface area contributed by atoms with Gasteiger partial charge in [-0.15, -0.1) is 4.36 Å². The molecule has 3 aliphatic heterocycles. The van der Waals surface area contributed by atoms with E-state index >= 15 is 0 Å². The largest absolute Gasteiger partial charge is 0.490 e. The Balaban J connectivity index is 1.34. The van der Waals surface area contributed by atoms with Crippen LogP contribution in [0.2, 0.25) is 5.02 Å². The standard InChI is InChI=1S/C41H57ClN4O7S/c1-28-8-6-10-37(51-5)30(3)29(2)24-46-26-41(17-7-9-31-22-33(42)12-13-35(31)41)27-53-38-14-11-32(23-36(38)46)39(47)43-54(49,25-28)44-40(48)45-18-15-34(16-19-45)52-21-20-50-4/h6,10-14,22-23,28-30,34,37H,7-9,15-21,24-27H2,1-5H3,(H,43,44,47,48,49)/b10-6+/t28-,29-,30+,37-,41-,54?/m0/s1. The van der Waals surface area contributed by atoms with Crippen LogP contribution in [0.15, 0.2) is 52.9 Å². The lowest BCUT2D eigenvalue weighted by Gasteiger charge is -2.42. The third kappa shape index (κ3) is 9.44. The van der Waals surface area contributed by atoms with Gasteiger partial charge in [0.2, 0.25) is 0 Å². The van der Waals surface area contributed by atoms with Crippen molar-refractivity contribution in [2.75, 3.05) is 70.9 Å². The predicted octanol–water partition coefficient (Wildman–Crippen LogP) is 7.06. The Morgan fingerprint density at radius 3 is 2.67 bits per heavy atom. The number of aryl methyl sites for hydroxylation is 1. The zero-order valence-corrected chi connectivity index (χ0v) is 34.0. The predicted molar refractivity (Wildman–Crippen MR) is 213 cm³/mol. The Labute approximate surface area is 326 Å². The molecule has 1 aliphatic carbocycles. The molecule has 1 unspecified atom stereocenters. The normalized spacial score (nSPS) is 30.1. The van der Waals surface area contributed by atoms with E-state index in [2.05, 4.69) is 52.1 Å². The molecule has 6 atom stereocenters. The van der Waals surface area contributed by atoms with Crippen LogP contribution in [0.4, 0.5) is 10.5 Å². The first kappa shape index (κ1) is 40.5. The zero-order chi connectivity index (χ0) is 38.5. The summed E-state index contributed by atoms with van der Waals surface area (Å²) in [7, 11) is -0.147. The van der Waals surface area contributed by atoms with Crippen LogP contribution < -0.4 is 14.4 Å². The maximum absolute atomic E-state index is 14.7. The Kier molecular flexibility index (Phi) is 13.3. The van der Waals surface area contributed by atoms with E-state index in [0.717, 1.165) is 30.0 Å². The number of ether oxygens (including phenoxy) is 4. The van der Waals surface area contributed by atoms with Crippen LogP contribution in [0.1, 0.15) is 74.4 Å². The highest BCUT2D eigenvalue weighted by Gasteiger charge is 2.42. The molecule has 0 aromatic heterocycles. The van der Waals surface area contributed by atoms with Crippen molar-refractivity contribution in [3.63, 3.8) is 0 Å². The number of allylic oxidation sites excluding steroid dienone is 1. The van der Waals surface area contributed by atoms with Gasteiger partial charge in [-0.3, -0.25) is 9.52 Å². The SMILES string of the molecule is COCCOC1CCN(C(=O)NS2(=O)=NC(=O)c3ccc4c(c3)N(C[C@H](C)[C@@H](C)[C@@H](OC)/C=C/C[C@H](C)C2)C[C@@]2(CCCc3cc(Cl)ccc32)CO4)CC1. The van der Waals surface area contributed by atoms with E-state index in [9.17, 15) is 13.8 Å². The molecule has 3 amide bonds. The topological polar surface area (TPSA) is 119 Å². The number of halogens is 1. The second kappa shape index (κ2) is 17.7. The van der Waals surface area contributed by atoms with Crippen LogP contribution >= 0.6 is 11.6 Å². The van der Waals surface area contributed by atoms with E-state index in [1.165, 1.54) is 11.1 Å². The number of anilines is 1. The summed E-state index contributed by atoms with van der Waals surface area (Å²) in [5, 5.41) is 0.733. The van der Waals surface area contributed by atoms with E-state index in [4.69, 9.17) is 30.5 Å². The van der Waals surface area contributed by atoms with Gasteiger partial charge in [0.25, 0.3) is 5.91 Å². The molecule has 2 bridgehead atoms. The molecule has 3 heterocycles. The maximum Gasteiger partial charge on any atom is 0.329 e. The first-order valence-corrected chi connectivity index (χ1v) is 21.5. The van der Waals surface area contributed by atoms with Crippen LogP contribution in [-0.2, 0) is 36.0 Å². The van der Waals surface area contributed by atoms with Crippen LogP contribution in [0, 0.1) is 17.8 Å². The van der Waals surface area contributed by atoms with Crippen LogP contribution in [0.5, 0.6) is 5.75 Å². The van der Waals surface area contributed by atoms with Crippen molar-refractivity contribution in [2.24, 2.45) is 22.1 Å². The first-order chi connectivity index (χ1) is 25.9. The Morgan fingerprint density at radius 2 is 1.91 bits per heavy atom. The number of rotatable bonds is 6. The summed E-state index contributed by atoms with van der Waals surface area (Å²) < 4.78 is 45.3. The van der Waals surface area contributed by atoms with Gasteiger partial charge in [-0.05, 0) is 97.7 Å². The van der Waals surface area contributed by atoms with Crippen LogP contribution in [0.3, 0.4) is 0 Å². The van der Waals surface area contributed by atoms with Crippen molar-refractivity contribution in [3.05, 3.63) is 70.3 Å². The average molecular weight is 785 g/mol. The Bertz CT molecular complexity index is 1810. The minimum atomic E-state index is -3.52. The minimum absolute atomic E-state index is 0.0150. The number of carbonyl (C=O) groups is 2. The summed E-state index contributed by atoms with van der Waals surface area (Å²) >= 11 is 6.46. The van der Waals surface area contributed by atoms with Gasteiger partial charge in [0, 0.05) is 56.4 Å². The molecule has 296 valence electrons. The fraction of sp³-hybridized carbons (Fsp3) is 0.610. The number of hydrogen-bond donors (Lipinski definition) is 1. The monoisotopic (exact) mass is 784 g/mol. The molecule has 6 rings (SSSR count). The van der Waals surface area contributed by atoms with Crippen molar-refractivity contribution < 1.29 is 32.7 Å². The number of urea groups is 1. The lowest BCUT2D eigenvalue weighted by atomic mass is 9.70. The molecule has 1 spiro atoms. The third-order valence-electron chi connectivity index (χ3n) is 11.7. The van der Waals surface area contributed by atoms with E-state index < -0.39 is 21.9 Å². The molecule has 2 aromatic carbocycles. The number of piperidine rings is 1. The second-order valence-corrected chi connectivity index (χ2v) is 18.2. The lowest BCUT2D eigenvalue weighted by Crippen LogP contribution is -2.48. The molecule has 0 radical (unpaired) electrons. The van der Waals surface area contributed by atoms with Gasteiger partial charge >= 0.3 is 6.03 Å². The average Bonchev–Trinajstić information content (AvgIpc) is 3.29. The van der Waals surface area contributed by atoms with Gasteiger partial charge < -0.3 is 28.7 Å². The second-order valence-electron chi connectivity index (χ2n) is 15.8. The molecule has 0 saturated carbocycles. The highest BCUT2D eigenvalue weighted by molar-refractivity contribution is 7.92. The summed E-state index contributed by atoms with van der Waals surface area (Å²) in [5.74, 6) is 0.284. The number of carbonyl (C=O) groups excluding carboxylic acids is 2. The highest BCUT2D eigenvalue weighted by Crippen LogP contribution is 2.45. The molecule has 1 saturated heterocycles. The lowest BCUT2D eigenvalue weighted by molar-refractivity contribution is -0.00891. The van der Waals surface area contributed by atoms with E-state index in [1.54, 1.807) is 25.2 Å². The summed E-state index contributed by atoms with van der Waals surface area (Å²) in [6.45, 7) is 10.2. The molecular weight excluding hydrogens is 728 g/mol. The number of nitrogens with one attached hydrogen (secondary N) is 1.